The van der Waals surface area contributed by atoms with E-state index in [4.69, 9.17) is 4.74 Å². The van der Waals surface area contributed by atoms with Gasteiger partial charge in [-0.1, -0.05) is 35.2 Å². The van der Waals surface area contributed by atoms with Crippen molar-refractivity contribution in [2.45, 2.75) is 24.9 Å². The molecule has 9 heteroatoms. The fraction of sp³-hybridized carbons (Fsp3) is 0.444. The number of thiazole rings is 1. The summed E-state index contributed by atoms with van der Waals surface area (Å²) in [4.78, 5) is 27.2. The van der Waals surface area contributed by atoms with Crippen molar-refractivity contribution in [1.82, 2.24) is 19.5 Å². The maximum atomic E-state index is 12.7. The number of esters is 1. The minimum Gasteiger partial charge on any atom is -0.466 e. The van der Waals surface area contributed by atoms with E-state index in [2.05, 4.69) is 16.3 Å². The highest BCUT2D eigenvalue weighted by Crippen LogP contribution is 2.29. The molecular weight excluding hydrogens is 384 g/mol. The molecule has 3 heterocycles. The largest absolute Gasteiger partial charge is 0.466 e. The molecule has 0 aliphatic carbocycles. The summed E-state index contributed by atoms with van der Waals surface area (Å²) in [6.45, 7) is 3.30. The molecule has 0 saturated carbocycles. The molecule has 0 unspecified atom stereocenters. The van der Waals surface area contributed by atoms with E-state index in [0.717, 1.165) is 33.2 Å². The second-order valence-electron chi connectivity index (χ2n) is 6.39. The standard InChI is InChI=1S/C18H20N4O3S2/c1-2-25-16(24)12-6-5-9-21(10-12)15(23)11-26-17-19-20-18-22(17)13-7-3-4-8-14(13)27-18/h3-4,7-8,12H,2,5-6,9-11H2,1H3/t12-/m0/s1. The monoisotopic (exact) mass is 404 g/mol. The van der Waals surface area contributed by atoms with E-state index in [9.17, 15) is 9.59 Å². The average Bonchev–Trinajstić information content (AvgIpc) is 3.25. The molecule has 0 spiro atoms. The topological polar surface area (TPSA) is 76.8 Å². The van der Waals surface area contributed by atoms with Crippen molar-refractivity contribution < 1.29 is 14.3 Å². The van der Waals surface area contributed by atoms with Crippen LogP contribution in [-0.4, -0.2) is 56.8 Å². The molecule has 1 fully saturated rings. The summed E-state index contributed by atoms with van der Waals surface area (Å²) in [6.07, 6.45) is 1.60. The number of hydrogen-bond acceptors (Lipinski definition) is 7. The summed E-state index contributed by atoms with van der Waals surface area (Å²) < 4.78 is 8.24. The fourth-order valence-electron chi connectivity index (χ4n) is 3.32. The lowest BCUT2D eigenvalue weighted by Gasteiger charge is -2.31. The molecule has 1 amide bonds. The summed E-state index contributed by atoms with van der Waals surface area (Å²) in [5.74, 6) is -0.120. The van der Waals surface area contributed by atoms with Crippen LogP contribution in [0.3, 0.4) is 0 Å². The van der Waals surface area contributed by atoms with Gasteiger partial charge in [0.1, 0.15) is 0 Å². The number of carbonyl (C=O) groups is 2. The summed E-state index contributed by atoms with van der Waals surface area (Å²) in [6, 6.07) is 8.07. The molecule has 0 bridgehead atoms. The minimum atomic E-state index is -0.215. The van der Waals surface area contributed by atoms with Crippen molar-refractivity contribution in [3.05, 3.63) is 24.3 Å². The Morgan fingerprint density at radius 2 is 2.19 bits per heavy atom. The van der Waals surface area contributed by atoms with Crippen molar-refractivity contribution in [1.29, 1.82) is 0 Å². The first-order valence-corrected chi connectivity index (χ1v) is 10.8. The zero-order chi connectivity index (χ0) is 18.8. The molecule has 2 aromatic heterocycles. The maximum absolute atomic E-state index is 12.7. The van der Waals surface area contributed by atoms with E-state index in [1.165, 1.54) is 11.8 Å². The van der Waals surface area contributed by atoms with Crippen LogP contribution in [-0.2, 0) is 14.3 Å². The average molecular weight is 405 g/mol. The number of benzene rings is 1. The van der Waals surface area contributed by atoms with Gasteiger partial charge < -0.3 is 9.64 Å². The normalized spacial score (nSPS) is 17.5. The molecule has 27 heavy (non-hydrogen) atoms. The quantitative estimate of drug-likeness (QED) is 0.481. The SMILES string of the molecule is CCOC(=O)[C@H]1CCCN(C(=O)CSc2nnc3sc4ccccc4n23)C1. The number of fused-ring (bicyclic) bond motifs is 3. The van der Waals surface area contributed by atoms with E-state index in [1.54, 1.807) is 23.2 Å². The third-order valence-electron chi connectivity index (χ3n) is 4.63. The molecule has 0 N–H and O–H groups in total. The Morgan fingerprint density at radius 3 is 3.04 bits per heavy atom. The van der Waals surface area contributed by atoms with Crippen LogP contribution in [0.1, 0.15) is 19.8 Å². The van der Waals surface area contributed by atoms with Crippen LogP contribution in [0, 0.1) is 5.92 Å². The molecule has 1 atom stereocenters. The summed E-state index contributed by atoms with van der Waals surface area (Å²) in [7, 11) is 0. The molecule has 1 saturated heterocycles. The third kappa shape index (κ3) is 3.66. The Balaban J connectivity index is 1.43. The molecule has 0 radical (unpaired) electrons. The van der Waals surface area contributed by atoms with E-state index in [0.29, 0.717) is 19.7 Å². The Morgan fingerprint density at radius 1 is 1.33 bits per heavy atom. The molecule has 1 aliphatic heterocycles. The van der Waals surface area contributed by atoms with Crippen molar-refractivity contribution >= 4 is 50.2 Å². The van der Waals surface area contributed by atoms with Crippen LogP contribution < -0.4 is 0 Å². The Bertz CT molecular complexity index is 983. The fourth-order valence-corrected chi connectivity index (χ4v) is 5.19. The number of ether oxygens (including phenoxy) is 1. The Labute approximate surface area is 164 Å². The van der Waals surface area contributed by atoms with Gasteiger partial charge in [0, 0.05) is 13.1 Å². The van der Waals surface area contributed by atoms with Gasteiger partial charge in [-0.05, 0) is 31.9 Å². The van der Waals surface area contributed by atoms with Gasteiger partial charge in [-0.3, -0.25) is 14.0 Å². The highest BCUT2D eigenvalue weighted by atomic mass is 32.2. The van der Waals surface area contributed by atoms with Gasteiger partial charge in [-0.2, -0.15) is 0 Å². The van der Waals surface area contributed by atoms with Gasteiger partial charge in [0.15, 0.2) is 5.16 Å². The van der Waals surface area contributed by atoms with Crippen LogP contribution in [0.15, 0.2) is 29.4 Å². The molecular formula is C18H20N4O3S2. The Hall–Kier alpha value is -2.13. The smallest absolute Gasteiger partial charge is 0.310 e. The van der Waals surface area contributed by atoms with Gasteiger partial charge in [0.2, 0.25) is 10.9 Å². The third-order valence-corrected chi connectivity index (χ3v) is 6.56. The number of hydrogen-bond donors (Lipinski definition) is 0. The second-order valence-corrected chi connectivity index (χ2v) is 8.34. The van der Waals surface area contributed by atoms with Gasteiger partial charge in [-0.15, -0.1) is 10.2 Å². The van der Waals surface area contributed by atoms with Crippen LogP contribution in [0.4, 0.5) is 0 Å². The Kier molecular flexibility index (Phi) is 5.31. The lowest BCUT2D eigenvalue weighted by atomic mass is 9.98. The summed E-state index contributed by atoms with van der Waals surface area (Å²) in [5.41, 5.74) is 1.05. The predicted octanol–water partition coefficient (Wildman–Crippen LogP) is 2.84. The molecule has 1 aliphatic rings. The first-order valence-electron chi connectivity index (χ1n) is 8.97. The van der Waals surface area contributed by atoms with Crippen molar-refractivity contribution in [2.75, 3.05) is 25.4 Å². The number of carbonyl (C=O) groups excluding carboxylic acids is 2. The number of likely N-dealkylation sites (tertiary alicyclic amines) is 1. The molecule has 142 valence electrons. The summed E-state index contributed by atoms with van der Waals surface area (Å²) in [5, 5.41) is 9.18. The number of aromatic nitrogens is 3. The van der Waals surface area contributed by atoms with Gasteiger partial charge in [0.25, 0.3) is 0 Å². The van der Waals surface area contributed by atoms with Gasteiger partial charge in [0.05, 0.1) is 28.5 Å². The lowest BCUT2D eigenvalue weighted by Crippen LogP contribution is -2.43. The van der Waals surface area contributed by atoms with E-state index in [1.807, 2.05) is 22.6 Å². The van der Waals surface area contributed by atoms with Crippen LogP contribution in [0.2, 0.25) is 0 Å². The van der Waals surface area contributed by atoms with E-state index in [-0.39, 0.29) is 23.5 Å². The summed E-state index contributed by atoms with van der Waals surface area (Å²) >= 11 is 2.97. The number of rotatable bonds is 5. The minimum absolute atomic E-state index is 0.0188. The molecule has 1 aromatic carbocycles. The van der Waals surface area contributed by atoms with Gasteiger partial charge >= 0.3 is 5.97 Å². The second kappa shape index (κ2) is 7.85. The van der Waals surface area contributed by atoms with Crippen LogP contribution in [0.25, 0.3) is 15.2 Å². The molecule has 7 nitrogen and oxygen atoms in total. The molecule has 4 rings (SSSR count). The zero-order valence-electron chi connectivity index (χ0n) is 15.0. The van der Waals surface area contributed by atoms with Crippen molar-refractivity contribution in [3.63, 3.8) is 0 Å². The van der Waals surface area contributed by atoms with Gasteiger partial charge in [-0.25, -0.2) is 0 Å². The lowest BCUT2D eigenvalue weighted by molar-refractivity contribution is -0.151. The number of nitrogens with zero attached hydrogens (tertiary/aromatic N) is 4. The first-order chi connectivity index (χ1) is 13.2. The van der Waals surface area contributed by atoms with Crippen molar-refractivity contribution in [3.8, 4) is 0 Å². The van der Waals surface area contributed by atoms with Crippen LogP contribution in [0.5, 0.6) is 0 Å². The predicted molar refractivity (Wildman–Crippen MR) is 105 cm³/mol. The number of thioether (sulfide) groups is 1. The highest BCUT2D eigenvalue weighted by Gasteiger charge is 2.29. The number of para-hydroxylation sites is 1. The highest BCUT2D eigenvalue weighted by molar-refractivity contribution is 7.99. The first kappa shape index (κ1) is 18.2. The number of amides is 1. The molecule has 3 aromatic rings. The number of piperidine rings is 1. The van der Waals surface area contributed by atoms with E-state index < -0.39 is 0 Å². The maximum Gasteiger partial charge on any atom is 0.310 e. The van der Waals surface area contributed by atoms with Crippen LogP contribution >= 0.6 is 23.1 Å². The zero-order valence-corrected chi connectivity index (χ0v) is 16.6. The van der Waals surface area contributed by atoms with Crippen molar-refractivity contribution in [2.24, 2.45) is 5.92 Å². The van der Waals surface area contributed by atoms with E-state index >= 15 is 0 Å².